The summed E-state index contributed by atoms with van der Waals surface area (Å²) in [5.74, 6) is 0.00984. The van der Waals surface area contributed by atoms with Crippen molar-refractivity contribution in [3.8, 4) is 0 Å². The predicted molar refractivity (Wildman–Crippen MR) is 98.9 cm³/mol. The van der Waals surface area contributed by atoms with Gasteiger partial charge in [-0.25, -0.2) is 0 Å². The standard InChI is InChI=1S/C21H29NO3/c1-16-5-7-18(8-6-16)11-17(2)19(25)22-12-20(14-23)9-3-4-10-21(20,13-22)15-24/h5-8,11,23-24H,3-4,9-10,12-15H2,1-2H3/b17-11+/t20-,21+. The molecule has 1 saturated heterocycles. The average Bonchev–Trinajstić information content (AvgIpc) is 2.99. The predicted octanol–water partition coefficient (Wildman–Crippen LogP) is 2.77. The maximum Gasteiger partial charge on any atom is 0.249 e. The van der Waals surface area contributed by atoms with E-state index in [1.165, 1.54) is 5.56 Å². The lowest BCUT2D eigenvalue weighted by molar-refractivity contribution is -0.126. The quantitative estimate of drug-likeness (QED) is 0.827. The van der Waals surface area contributed by atoms with Crippen molar-refractivity contribution >= 4 is 12.0 Å². The second-order valence-corrected chi connectivity index (χ2v) is 7.98. The van der Waals surface area contributed by atoms with Crippen LogP contribution in [0.3, 0.4) is 0 Å². The van der Waals surface area contributed by atoms with E-state index in [0.29, 0.717) is 18.7 Å². The van der Waals surface area contributed by atoms with E-state index in [2.05, 4.69) is 0 Å². The van der Waals surface area contributed by atoms with Crippen molar-refractivity contribution in [2.24, 2.45) is 10.8 Å². The van der Waals surface area contributed by atoms with Crippen LogP contribution in [0.25, 0.3) is 6.08 Å². The Balaban J connectivity index is 1.82. The fourth-order valence-electron chi connectivity index (χ4n) is 4.70. The fraction of sp³-hybridized carbons (Fsp3) is 0.571. The molecule has 4 nitrogen and oxygen atoms in total. The first-order valence-electron chi connectivity index (χ1n) is 9.21. The molecule has 0 aromatic heterocycles. The Hall–Kier alpha value is -1.65. The van der Waals surface area contributed by atoms with Crippen LogP contribution in [0.4, 0.5) is 0 Å². The number of aryl methyl sites for hydroxylation is 1. The first kappa shape index (κ1) is 18.2. The van der Waals surface area contributed by atoms with Crippen molar-refractivity contribution in [2.45, 2.75) is 39.5 Å². The minimum atomic E-state index is -0.347. The Morgan fingerprint density at radius 3 is 2.08 bits per heavy atom. The first-order chi connectivity index (χ1) is 12.0. The number of amides is 1. The van der Waals surface area contributed by atoms with E-state index >= 15 is 0 Å². The van der Waals surface area contributed by atoms with Crippen molar-refractivity contribution in [3.63, 3.8) is 0 Å². The van der Waals surface area contributed by atoms with Crippen LogP contribution in [0.5, 0.6) is 0 Å². The third-order valence-corrected chi connectivity index (χ3v) is 6.36. The van der Waals surface area contributed by atoms with Crippen molar-refractivity contribution < 1.29 is 15.0 Å². The minimum Gasteiger partial charge on any atom is -0.396 e. The number of aliphatic hydroxyl groups excluding tert-OH is 2. The highest BCUT2D eigenvalue weighted by Gasteiger charge is 2.58. The topological polar surface area (TPSA) is 60.8 Å². The van der Waals surface area contributed by atoms with Crippen molar-refractivity contribution in [1.82, 2.24) is 4.90 Å². The van der Waals surface area contributed by atoms with E-state index in [9.17, 15) is 15.0 Å². The molecule has 1 aliphatic carbocycles. The van der Waals surface area contributed by atoms with E-state index in [1.54, 1.807) is 0 Å². The van der Waals surface area contributed by atoms with Crippen LogP contribution in [0.15, 0.2) is 29.8 Å². The van der Waals surface area contributed by atoms with Crippen LogP contribution in [-0.2, 0) is 4.79 Å². The van der Waals surface area contributed by atoms with Gasteiger partial charge in [0.1, 0.15) is 0 Å². The molecule has 25 heavy (non-hydrogen) atoms. The van der Waals surface area contributed by atoms with Crippen LogP contribution in [0, 0.1) is 17.8 Å². The normalized spacial score (nSPS) is 29.6. The molecule has 2 fully saturated rings. The summed E-state index contributed by atoms with van der Waals surface area (Å²) < 4.78 is 0. The van der Waals surface area contributed by atoms with Crippen LogP contribution in [0.1, 0.15) is 43.7 Å². The van der Waals surface area contributed by atoms with Crippen LogP contribution in [-0.4, -0.2) is 47.3 Å². The van der Waals surface area contributed by atoms with Crippen molar-refractivity contribution in [2.75, 3.05) is 26.3 Å². The van der Waals surface area contributed by atoms with Gasteiger partial charge >= 0.3 is 0 Å². The summed E-state index contributed by atoms with van der Waals surface area (Å²) >= 11 is 0. The van der Waals surface area contributed by atoms with Gasteiger partial charge in [-0.1, -0.05) is 42.7 Å². The monoisotopic (exact) mass is 343 g/mol. The van der Waals surface area contributed by atoms with E-state index in [1.807, 2.05) is 49.1 Å². The summed E-state index contributed by atoms with van der Waals surface area (Å²) in [4.78, 5) is 14.8. The van der Waals surface area contributed by atoms with Crippen LogP contribution < -0.4 is 0 Å². The zero-order chi connectivity index (χ0) is 18.1. The van der Waals surface area contributed by atoms with Crippen molar-refractivity contribution in [1.29, 1.82) is 0 Å². The van der Waals surface area contributed by atoms with Gasteiger partial charge in [0.05, 0.1) is 13.2 Å². The highest BCUT2D eigenvalue weighted by Crippen LogP contribution is 2.55. The number of rotatable bonds is 4. The Morgan fingerprint density at radius 2 is 1.60 bits per heavy atom. The minimum absolute atomic E-state index is 0.00984. The SMILES string of the molecule is C/C(=C\c1ccc(C)cc1)C(=O)N1C[C@]2(CO)CCCC[C@]2(CO)C1. The third-order valence-electron chi connectivity index (χ3n) is 6.36. The first-order valence-corrected chi connectivity index (χ1v) is 9.21. The number of benzene rings is 1. The molecule has 1 aromatic carbocycles. The number of hydrogen-bond acceptors (Lipinski definition) is 3. The number of likely N-dealkylation sites (tertiary alicyclic amines) is 1. The number of aliphatic hydroxyl groups is 2. The average molecular weight is 343 g/mol. The van der Waals surface area contributed by atoms with Crippen molar-refractivity contribution in [3.05, 3.63) is 41.0 Å². The lowest BCUT2D eigenvalue weighted by atomic mass is 9.58. The van der Waals surface area contributed by atoms with Gasteiger partial charge in [-0.05, 0) is 38.3 Å². The smallest absolute Gasteiger partial charge is 0.249 e. The summed E-state index contributed by atoms with van der Waals surface area (Å²) in [7, 11) is 0. The Labute approximate surface area is 150 Å². The number of hydrogen-bond donors (Lipinski definition) is 2. The molecule has 1 saturated carbocycles. The van der Waals surface area contributed by atoms with Gasteiger partial charge in [0.25, 0.3) is 0 Å². The number of carbonyl (C=O) groups is 1. The van der Waals surface area contributed by atoms with Gasteiger partial charge in [0.15, 0.2) is 0 Å². The fourth-order valence-corrected chi connectivity index (χ4v) is 4.70. The van der Waals surface area contributed by atoms with Gasteiger partial charge in [0.2, 0.25) is 5.91 Å². The van der Waals surface area contributed by atoms with Gasteiger partial charge < -0.3 is 15.1 Å². The lowest BCUT2D eigenvalue weighted by Gasteiger charge is -2.46. The molecule has 0 unspecified atom stereocenters. The molecule has 1 aromatic rings. The molecule has 2 atom stereocenters. The van der Waals surface area contributed by atoms with Gasteiger partial charge in [-0.3, -0.25) is 4.79 Å². The summed E-state index contributed by atoms with van der Waals surface area (Å²) in [5, 5.41) is 20.2. The van der Waals surface area contributed by atoms with Crippen LogP contribution in [0.2, 0.25) is 0 Å². The molecule has 1 heterocycles. The summed E-state index contributed by atoms with van der Waals surface area (Å²) in [5.41, 5.74) is 2.21. The highest BCUT2D eigenvalue weighted by molar-refractivity contribution is 5.97. The molecule has 4 heteroatoms. The molecule has 2 aliphatic rings. The van der Waals surface area contributed by atoms with E-state index in [4.69, 9.17) is 0 Å². The highest BCUT2D eigenvalue weighted by atomic mass is 16.3. The molecule has 2 N–H and O–H groups in total. The second kappa shape index (κ2) is 6.93. The molecular weight excluding hydrogens is 314 g/mol. The number of fused-ring (bicyclic) bond motifs is 1. The Kier molecular flexibility index (Phi) is 5.03. The van der Waals surface area contributed by atoms with Crippen LogP contribution >= 0.6 is 0 Å². The molecule has 1 aliphatic heterocycles. The Morgan fingerprint density at radius 1 is 1.08 bits per heavy atom. The molecule has 136 valence electrons. The largest absolute Gasteiger partial charge is 0.396 e. The third kappa shape index (κ3) is 3.13. The zero-order valence-corrected chi connectivity index (χ0v) is 15.3. The zero-order valence-electron chi connectivity index (χ0n) is 15.3. The molecule has 0 spiro atoms. The van der Waals surface area contributed by atoms with E-state index < -0.39 is 0 Å². The Bertz CT molecular complexity index is 644. The number of carbonyl (C=O) groups excluding carboxylic acids is 1. The van der Waals surface area contributed by atoms with Gasteiger partial charge in [-0.15, -0.1) is 0 Å². The van der Waals surface area contributed by atoms with E-state index in [0.717, 1.165) is 31.2 Å². The molecule has 1 amide bonds. The van der Waals surface area contributed by atoms with E-state index in [-0.39, 0.29) is 30.0 Å². The van der Waals surface area contributed by atoms with Gasteiger partial charge in [0, 0.05) is 29.5 Å². The lowest BCUT2D eigenvalue weighted by Crippen LogP contribution is -2.48. The molecule has 0 radical (unpaired) electrons. The molecule has 0 bridgehead atoms. The summed E-state index contributed by atoms with van der Waals surface area (Å²) in [6.45, 7) is 5.06. The summed E-state index contributed by atoms with van der Waals surface area (Å²) in [6, 6.07) is 8.10. The van der Waals surface area contributed by atoms with Gasteiger partial charge in [-0.2, -0.15) is 0 Å². The molecule has 3 rings (SSSR count). The number of nitrogens with zero attached hydrogens (tertiary/aromatic N) is 1. The summed E-state index contributed by atoms with van der Waals surface area (Å²) in [6.07, 6.45) is 5.80. The second-order valence-electron chi connectivity index (χ2n) is 7.98. The maximum absolute atomic E-state index is 13.0. The molecular formula is C21H29NO3. The maximum atomic E-state index is 13.0.